The predicted octanol–water partition coefficient (Wildman–Crippen LogP) is 5.07. The molecule has 34 heavy (non-hydrogen) atoms. The first-order valence-electron chi connectivity index (χ1n) is 11.6. The molecule has 3 heterocycles. The third kappa shape index (κ3) is 4.43. The average Bonchev–Trinajstić information content (AvgIpc) is 3.18. The summed E-state index contributed by atoms with van der Waals surface area (Å²) in [6, 6.07) is 19.4. The Labute approximate surface area is 203 Å². The number of hydrogen-bond acceptors (Lipinski definition) is 4. The summed E-state index contributed by atoms with van der Waals surface area (Å²) in [6.45, 7) is 3.83. The number of aliphatic hydroxyl groups is 1. The summed E-state index contributed by atoms with van der Waals surface area (Å²) in [5.74, 6) is 1.04. The molecule has 6 nitrogen and oxygen atoms in total. The molecule has 1 fully saturated rings. The van der Waals surface area contributed by atoms with E-state index in [-0.39, 0.29) is 18.4 Å². The molecular weight excluding hydrogens is 448 g/mol. The minimum atomic E-state index is 0.0203. The van der Waals surface area contributed by atoms with Gasteiger partial charge in [0, 0.05) is 47.4 Å². The summed E-state index contributed by atoms with van der Waals surface area (Å²) in [7, 11) is 0. The molecule has 1 aliphatic heterocycles. The van der Waals surface area contributed by atoms with Gasteiger partial charge in [-0.3, -0.25) is 9.78 Å². The van der Waals surface area contributed by atoms with Crippen LogP contribution in [0, 0.1) is 6.92 Å². The van der Waals surface area contributed by atoms with Crippen molar-refractivity contribution in [3.05, 3.63) is 82.8 Å². The number of rotatable bonds is 5. The second kappa shape index (κ2) is 9.57. The van der Waals surface area contributed by atoms with Crippen molar-refractivity contribution >= 4 is 28.5 Å². The standard InChI is InChI=1S/C27H27ClN4O2/c1-18-29-25-16-20(10-11-26(25)32(18)13-14-33)27(34)31-12-4-6-21(17-31)24-9-3-8-23(30-24)19-5-2-7-22(28)15-19/h2-3,5,7-11,15-16,21,33H,4,6,12-14,17H2,1H3/t21-/m1/s1. The number of pyridine rings is 1. The Balaban J connectivity index is 1.36. The van der Waals surface area contributed by atoms with Crippen molar-refractivity contribution in [2.24, 2.45) is 0 Å². The van der Waals surface area contributed by atoms with Crippen LogP contribution in [0.5, 0.6) is 0 Å². The predicted molar refractivity (Wildman–Crippen MR) is 134 cm³/mol. The summed E-state index contributed by atoms with van der Waals surface area (Å²) < 4.78 is 1.97. The van der Waals surface area contributed by atoms with Gasteiger partial charge in [0.25, 0.3) is 5.91 Å². The maximum atomic E-state index is 13.4. The van der Waals surface area contributed by atoms with E-state index in [9.17, 15) is 9.90 Å². The molecule has 0 radical (unpaired) electrons. The zero-order chi connectivity index (χ0) is 23.7. The third-order valence-corrected chi connectivity index (χ3v) is 6.76. The normalized spacial score (nSPS) is 16.2. The number of piperidine rings is 1. The minimum Gasteiger partial charge on any atom is -0.395 e. The van der Waals surface area contributed by atoms with E-state index in [2.05, 4.69) is 11.1 Å². The van der Waals surface area contributed by atoms with Crippen LogP contribution in [0.1, 0.15) is 40.6 Å². The first kappa shape index (κ1) is 22.6. The number of aliphatic hydroxyl groups excluding tert-OH is 1. The SMILES string of the molecule is Cc1nc2cc(C(=O)N3CCC[C@@H](c4cccc(-c5cccc(Cl)c5)n4)C3)ccc2n1CCO. The van der Waals surface area contributed by atoms with Gasteiger partial charge in [0.05, 0.1) is 23.3 Å². The second-order valence-corrected chi connectivity index (χ2v) is 9.22. The number of nitrogens with zero attached hydrogens (tertiary/aromatic N) is 4. The zero-order valence-corrected chi connectivity index (χ0v) is 19.9. The van der Waals surface area contributed by atoms with Crippen LogP contribution in [0.4, 0.5) is 0 Å². The quantitative estimate of drug-likeness (QED) is 0.438. The fraction of sp³-hybridized carbons (Fsp3) is 0.296. The third-order valence-electron chi connectivity index (χ3n) is 6.53. The van der Waals surface area contributed by atoms with E-state index in [1.807, 2.05) is 71.0 Å². The molecule has 1 N–H and O–H groups in total. The molecule has 0 aliphatic carbocycles. The maximum Gasteiger partial charge on any atom is 0.253 e. The van der Waals surface area contributed by atoms with Crippen LogP contribution in [-0.2, 0) is 6.54 Å². The monoisotopic (exact) mass is 474 g/mol. The summed E-state index contributed by atoms with van der Waals surface area (Å²) in [5, 5.41) is 10.0. The number of carbonyl (C=O) groups excluding carboxylic acids is 1. The first-order valence-corrected chi connectivity index (χ1v) is 12.0. The van der Waals surface area contributed by atoms with Gasteiger partial charge in [0.2, 0.25) is 0 Å². The molecule has 2 aromatic carbocycles. The maximum absolute atomic E-state index is 13.4. The highest BCUT2D eigenvalue weighted by atomic mass is 35.5. The van der Waals surface area contributed by atoms with Gasteiger partial charge in [0.15, 0.2) is 0 Å². The van der Waals surface area contributed by atoms with Gasteiger partial charge in [-0.15, -0.1) is 0 Å². The smallest absolute Gasteiger partial charge is 0.253 e. The first-order chi connectivity index (χ1) is 16.5. The number of amides is 1. The number of fused-ring (bicyclic) bond motifs is 1. The lowest BCUT2D eigenvalue weighted by atomic mass is 9.93. The molecule has 5 rings (SSSR count). The molecular formula is C27H27ClN4O2. The van der Waals surface area contributed by atoms with Crippen LogP contribution in [0.3, 0.4) is 0 Å². The van der Waals surface area contributed by atoms with Crippen molar-refractivity contribution in [3.63, 3.8) is 0 Å². The van der Waals surface area contributed by atoms with Gasteiger partial charge in [0.1, 0.15) is 5.82 Å². The fourth-order valence-corrected chi connectivity index (χ4v) is 5.03. The van der Waals surface area contributed by atoms with Gasteiger partial charge < -0.3 is 14.6 Å². The molecule has 0 bridgehead atoms. The van der Waals surface area contributed by atoms with Crippen LogP contribution in [0.2, 0.25) is 5.02 Å². The van der Waals surface area contributed by atoms with Crippen LogP contribution in [0.25, 0.3) is 22.3 Å². The highest BCUT2D eigenvalue weighted by Crippen LogP contribution is 2.29. The molecule has 174 valence electrons. The average molecular weight is 475 g/mol. The molecule has 1 saturated heterocycles. The topological polar surface area (TPSA) is 71.2 Å². The highest BCUT2D eigenvalue weighted by Gasteiger charge is 2.27. The number of hydrogen-bond donors (Lipinski definition) is 1. The van der Waals surface area contributed by atoms with Crippen molar-refractivity contribution in [1.82, 2.24) is 19.4 Å². The Morgan fingerprint density at radius 3 is 2.79 bits per heavy atom. The van der Waals surface area contributed by atoms with Gasteiger partial charge in [-0.2, -0.15) is 0 Å². The molecule has 0 saturated carbocycles. The Hall–Kier alpha value is -3.22. The Morgan fingerprint density at radius 2 is 1.97 bits per heavy atom. The molecule has 1 amide bonds. The minimum absolute atomic E-state index is 0.0203. The molecule has 1 aliphatic rings. The van der Waals surface area contributed by atoms with Gasteiger partial charge >= 0.3 is 0 Å². The van der Waals surface area contributed by atoms with E-state index < -0.39 is 0 Å². The van der Waals surface area contributed by atoms with Gasteiger partial charge in [-0.25, -0.2) is 4.98 Å². The molecule has 0 unspecified atom stereocenters. The summed E-state index contributed by atoms with van der Waals surface area (Å²) in [4.78, 5) is 24.8. The number of benzene rings is 2. The number of likely N-dealkylation sites (tertiary alicyclic amines) is 1. The molecule has 4 aromatic rings. The van der Waals surface area contributed by atoms with E-state index in [0.29, 0.717) is 23.7 Å². The van der Waals surface area contributed by atoms with Crippen molar-refractivity contribution in [3.8, 4) is 11.3 Å². The van der Waals surface area contributed by atoms with Crippen LogP contribution >= 0.6 is 11.6 Å². The van der Waals surface area contributed by atoms with Crippen molar-refractivity contribution in [2.45, 2.75) is 32.2 Å². The second-order valence-electron chi connectivity index (χ2n) is 8.79. The van der Waals surface area contributed by atoms with Crippen LogP contribution in [0.15, 0.2) is 60.7 Å². The number of halogens is 1. The van der Waals surface area contributed by atoms with E-state index in [1.54, 1.807) is 0 Å². The van der Waals surface area contributed by atoms with Gasteiger partial charge in [-0.05, 0) is 62.2 Å². The zero-order valence-electron chi connectivity index (χ0n) is 19.1. The molecule has 7 heteroatoms. The number of imidazole rings is 1. The van der Waals surface area contributed by atoms with Gasteiger partial charge in [-0.1, -0.05) is 29.8 Å². The fourth-order valence-electron chi connectivity index (χ4n) is 4.84. The molecule has 0 spiro atoms. The highest BCUT2D eigenvalue weighted by molar-refractivity contribution is 6.30. The van der Waals surface area contributed by atoms with E-state index in [4.69, 9.17) is 16.6 Å². The molecule has 2 aromatic heterocycles. The van der Waals surface area contributed by atoms with Crippen molar-refractivity contribution in [1.29, 1.82) is 0 Å². The van der Waals surface area contributed by atoms with Crippen LogP contribution < -0.4 is 0 Å². The lowest BCUT2D eigenvalue weighted by Gasteiger charge is -2.32. The summed E-state index contributed by atoms with van der Waals surface area (Å²) in [5.41, 5.74) is 5.24. The van der Waals surface area contributed by atoms with E-state index >= 15 is 0 Å². The van der Waals surface area contributed by atoms with E-state index in [0.717, 1.165) is 53.2 Å². The number of aryl methyl sites for hydroxylation is 1. The summed E-state index contributed by atoms with van der Waals surface area (Å²) in [6.07, 6.45) is 1.94. The largest absolute Gasteiger partial charge is 0.395 e. The Bertz CT molecular complexity index is 1350. The Morgan fingerprint density at radius 1 is 1.12 bits per heavy atom. The number of aromatic nitrogens is 3. The number of carbonyl (C=O) groups is 1. The lowest BCUT2D eigenvalue weighted by Crippen LogP contribution is -2.39. The van der Waals surface area contributed by atoms with Crippen molar-refractivity contribution < 1.29 is 9.90 Å². The molecule has 1 atom stereocenters. The summed E-state index contributed by atoms with van der Waals surface area (Å²) >= 11 is 6.17. The Kier molecular flexibility index (Phi) is 6.35. The lowest BCUT2D eigenvalue weighted by molar-refractivity contribution is 0.0706. The van der Waals surface area contributed by atoms with Crippen molar-refractivity contribution in [2.75, 3.05) is 19.7 Å². The van der Waals surface area contributed by atoms with E-state index in [1.165, 1.54) is 0 Å². The van der Waals surface area contributed by atoms with Crippen LogP contribution in [-0.4, -0.2) is 50.1 Å².